The zero-order valence-corrected chi connectivity index (χ0v) is 12.6. The first-order valence-electron chi connectivity index (χ1n) is 7.13. The average molecular weight is 274 g/mol. The molecular formula is C19H18N2. The Labute approximate surface area is 125 Å². The molecule has 2 heteroatoms. The van der Waals surface area contributed by atoms with Crippen molar-refractivity contribution in [3.63, 3.8) is 0 Å². The van der Waals surface area contributed by atoms with Crippen molar-refractivity contribution in [3.05, 3.63) is 71.7 Å². The van der Waals surface area contributed by atoms with Gasteiger partial charge in [-0.3, -0.25) is 0 Å². The normalized spacial score (nSPS) is 10.6. The molecule has 0 aliphatic carbocycles. The van der Waals surface area contributed by atoms with E-state index in [4.69, 9.17) is 0 Å². The van der Waals surface area contributed by atoms with Gasteiger partial charge in [0.2, 0.25) is 0 Å². The summed E-state index contributed by atoms with van der Waals surface area (Å²) in [7, 11) is 0. The predicted octanol–water partition coefficient (Wildman–Crippen LogP) is 4.74. The van der Waals surface area contributed by atoms with Crippen LogP contribution in [0.15, 0.2) is 54.6 Å². The minimum absolute atomic E-state index is 0.820. The van der Waals surface area contributed by atoms with Gasteiger partial charge in [-0.15, -0.1) is 0 Å². The summed E-state index contributed by atoms with van der Waals surface area (Å²) in [6, 6.07) is 19.0. The maximum atomic E-state index is 4.60. The van der Waals surface area contributed by atoms with Crippen LogP contribution in [0.3, 0.4) is 0 Å². The van der Waals surface area contributed by atoms with Crippen molar-refractivity contribution in [1.29, 1.82) is 0 Å². The highest BCUT2D eigenvalue weighted by Gasteiger charge is 2.08. The SMILES string of the molecule is Cc1nc(C)c(C)c(-c2ccc(-c3ccccc3)cc2)n1. The molecule has 0 saturated heterocycles. The summed E-state index contributed by atoms with van der Waals surface area (Å²) >= 11 is 0. The quantitative estimate of drug-likeness (QED) is 0.674. The predicted molar refractivity (Wildman–Crippen MR) is 87.1 cm³/mol. The van der Waals surface area contributed by atoms with E-state index in [1.165, 1.54) is 11.1 Å². The van der Waals surface area contributed by atoms with Crippen LogP contribution >= 0.6 is 0 Å². The first-order valence-corrected chi connectivity index (χ1v) is 7.13. The van der Waals surface area contributed by atoms with Crippen LogP contribution in [0.25, 0.3) is 22.4 Å². The van der Waals surface area contributed by atoms with Gasteiger partial charge in [-0.05, 0) is 37.5 Å². The summed E-state index contributed by atoms with van der Waals surface area (Å²) in [4.78, 5) is 9.01. The third-order valence-corrected chi connectivity index (χ3v) is 3.77. The van der Waals surface area contributed by atoms with E-state index < -0.39 is 0 Å². The molecule has 0 radical (unpaired) electrons. The van der Waals surface area contributed by atoms with E-state index in [-0.39, 0.29) is 0 Å². The second-order valence-electron chi connectivity index (χ2n) is 5.27. The fourth-order valence-corrected chi connectivity index (χ4v) is 2.50. The van der Waals surface area contributed by atoms with E-state index in [0.717, 1.165) is 28.3 Å². The van der Waals surface area contributed by atoms with Crippen molar-refractivity contribution < 1.29 is 0 Å². The van der Waals surface area contributed by atoms with Gasteiger partial charge in [0.1, 0.15) is 5.82 Å². The molecule has 0 N–H and O–H groups in total. The van der Waals surface area contributed by atoms with E-state index in [1.54, 1.807) is 0 Å². The lowest BCUT2D eigenvalue weighted by molar-refractivity contribution is 0.992. The summed E-state index contributed by atoms with van der Waals surface area (Å²) in [5.41, 5.74) is 6.81. The Morgan fingerprint density at radius 2 is 1.19 bits per heavy atom. The van der Waals surface area contributed by atoms with Gasteiger partial charge in [0.05, 0.1) is 5.69 Å². The molecule has 0 unspecified atom stereocenters. The fraction of sp³-hybridized carbons (Fsp3) is 0.158. The smallest absolute Gasteiger partial charge is 0.126 e. The molecule has 0 saturated carbocycles. The van der Waals surface area contributed by atoms with Crippen LogP contribution in [0, 0.1) is 20.8 Å². The second-order valence-corrected chi connectivity index (χ2v) is 5.27. The van der Waals surface area contributed by atoms with E-state index in [9.17, 15) is 0 Å². The maximum Gasteiger partial charge on any atom is 0.126 e. The van der Waals surface area contributed by atoms with E-state index >= 15 is 0 Å². The molecule has 2 nitrogen and oxygen atoms in total. The van der Waals surface area contributed by atoms with Gasteiger partial charge in [-0.25, -0.2) is 9.97 Å². The summed E-state index contributed by atoms with van der Waals surface area (Å²) in [6.45, 7) is 6.05. The molecule has 0 spiro atoms. The Kier molecular flexibility index (Phi) is 3.53. The Bertz CT molecular complexity index is 760. The molecule has 1 heterocycles. The van der Waals surface area contributed by atoms with Crippen LogP contribution in [-0.2, 0) is 0 Å². The standard InChI is InChI=1S/C19H18N2/c1-13-14(2)20-15(3)21-19(13)18-11-9-17(10-12-18)16-7-5-4-6-8-16/h4-12H,1-3H3. The van der Waals surface area contributed by atoms with Gasteiger partial charge in [-0.2, -0.15) is 0 Å². The third kappa shape index (κ3) is 2.70. The summed E-state index contributed by atoms with van der Waals surface area (Å²) in [6.07, 6.45) is 0. The van der Waals surface area contributed by atoms with Crippen molar-refractivity contribution in [1.82, 2.24) is 9.97 Å². The first kappa shape index (κ1) is 13.5. The zero-order valence-electron chi connectivity index (χ0n) is 12.6. The highest BCUT2D eigenvalue weighted by Crippen LogP contribution is 2.26. The van der Waals surface area contributed by atoms with Crippen molar-refractivity contribution in [2.75, 3.05) is 0 Å². The van der Waals surface area contributed by atoms with Crippen molar-refractivity contribution in [2.24, 2.45) is 0 Å². The Morgan fingerprint density at radius 1 is 0.619 bits per heavy atom. The lowest BCUT2D eigenvalue weighted by Gasteiger charge is -2.09. The monoisotopic (exact) mass is 274 g/mol. The number of rotatable bonds is 2. The van der Waals surface area contributed by atoms with Gasteiger partial charge in [0.25, 0.3) is 0 Å². The number of hydrogen-bond donors (Lipinski definition) is 0. The summed E-state index contributed by atoms with van der Waals surface area (Å²) in [5, 5.41) is 0. The van der Waals surface area contributed by atoms with Crippen molar-refractivity contribution in [3.8, 4) is 22.4 Å². The first-order chi connectivity index (χ1) is 10.1. The molecule has 0 fully saturated rings. The Balaban J connectivity index is 2.02. The number of hydrogen-bond acceptors (Lipinski definition) is 2. The van der Waals surface area contributed by atoms with Crippen molar-refractivity contribution >= 4 is 0 Å². The summed E-state index contributed by atoms with van der Waals surface area (Å²) in [5.74, 6) is 0.820. The number of nitrogens with zero attached hydrogens (tertiary/aromatic N) is 2. The van der Waals surface area contributed by atoms with E-state index in [2.05, 4.69) is 65.4 Å². The third-order valence-electron chi connectivity index (χ3n) is 3.77. The molecule has 21 heavy (non-hydrogen) atoms. The largest absolute Gasteiger partial charge is 0.238 e. The van der Waals surface area contributed by atoms with Crippen LogP contribution in [0.4, 0.5) is 0 Å². The molecule has 2 aromatic carbocycles. The molecule has 104 valence electrons. The highest BCUT2D eigenvalue weighted by molar-refractivity contribution is 5.70. The second kappa shape index (κ2) is 5.49. The Morgan fingerprint density at radius 3 is 1.86 bits per heavy atom. The van der Waals surface area contributed by atoms with Crippen LogP contribution in [0.5, 0.6) is 0 Å². The average Bonchev–Trinajstić information content (AvgIpc) is 2.52. The lowest BCUT2D eigenvalue weighted by Crippen LogP contribution is -1.98. The van der Waals surface area contributed by atoms with Crippen LogP contribution in [0.1, 0.15) is 17.1 Å². The van der Waals surface area contributed by atoms with Crippen LogP contribution in [-0.4, -0.2) is 9.97 Å². The van der Waals surface area contributed by atoms with Gasteiger partial charge >= 0.3 is 0 Å². The number of aromatic nitrogens is 2. The fourth-order valence-electron chi connectivity index (χ4n) is 2.50. The van der Waals surface area contributed by atoms with Gasteiger partial charge < -0.3 is 0 Å². The number of benzene rings is 2. The van der Waals surface area contributed by atoms with E-state index in [0.29, 0.717) is 0 Å². The molecule has 0 amide bonds. The molecule has 0 aliphatic rings. The lowest BCUT2D eigenvalue weighted by atomic mass is 10.0. The van der Waals surface area contributed by atoms with Gasteiger partial charge in [0.15, 0.2) is 0 Å². The maximum absolute atomic E-state index is 4.60. The molecule has 3 aromatic rings. The summed E-state index contributed by atoms with van der Waals surface area (Å²) < 4.78 is 0. The minimum Gasteiger partial charge on any atom is -0.238 e. The molecular weight excluding hydrogens is 256 g/mol. The van der Waals surface area contributed by atoms with Crippen molar-refractivity contribution in [2.45, 2.75) is 20.8 Å². The van der Waals surface area contributed by atoms with E-state index in [1.807, 2.05) is 19.9 Å². The molecule has 3 rings (SSSR count). The van der Waals surface area contributed by atoms with Gasteiger partial charge in [-0.1, -0.05) is 54.6 Å². The van der Waals surface area contributed by atoms with Crippen LogP contribution < -0.4 is 0 Å². The number of aryl methyl sites for hydroxylation is 2. The zero-order chi connectivity index (χ0) is 14.8. The molecule has 1 aromatic heterocycles. The van der Waals surface area contributed by atoms with Gasteiger partial charge in [0, 0.05) is 11.3 Å². The Hall–Kier alpha value is -2.48. The molecule has 0 bridgehead atoms. The van der Waals surface area contributed by atoms with Crippen LogP contribution in [0.2, 0.25) is 0 Å². The minimum atomic E-state index is 0.820. The highest BCUT2D eigenvalue weighted by atomic mass is 14.9. The topological polar surface area (TPSA) is 25.8 Å². The molecule has 0 atom stereocenters. The molecule has 0 aliphatic heterocycles.